The van der Waals surface area contributed by atoms with Gasteiger partial charge in [-0.05, 0) is 31.0 Å². The zero-order valence-corrected chi connectivity index (χ0v) is 11.5. The third-order valence-corrected chi connectivity index (χ3v) is 3.34. The van der Waals surface area contributed by atoms with E-state index in [0.717, 1.165) is 24.2 Å². The minimum absolute atomic E-state index is 0.261. The van der Waals surface area contributed by atoms with Crippen LogP contribution in [0, 0.1) is 18.3 Å². The van der Waals surface area contributed by atoms with Crippen LogP contribution in [0.15, 0.2) is 30.3 Å². The normalized spacial score (nSPS) is 12.3. The molecule has 98 valence electrons. The van der Waals surface area contributed by atoms with Crippen LogP contribution in [-0.4, -0.2) is 11.0 Å². The first-order valence-electron chi connectivity index (χ1n) is 6.70. The first kappa shape index (κ1) is 13.5. The Labute approximate surface area is 114 Å². The molecule has 1 atom stereocenters. The lowest BCUT2D eigenvalue weighted by molar-refractivity contribution is 0.506. The van der Waals surface area contributed by atoms with Gasteiger partial charge in [0.05, 0.1) is 18.0 Å². The van der Waals surface area contributed by atoms with E-state index >= 15 is 0 Å². The second kappa shape index (κ2) is 6.31. The van der Waals surface area contributed by atoms with E-state index in [1.54, 1.807) is 0 Å². The number of hydrogen-bond acceptors (Lipinski definition) is 3. The maximum atomic E-state index is 8.78. The largest absolute Gasteiger partial charge is 0.309 e. The second-order valence-corrected chi connectivity index (χ2v) is 4.79. The summed E-state index contributed by atoms with van der Waals surface area (Å²) in [6.07, 6.45) is 1.52. The predicted molar refractivity (Wildman–Crippen MR) is 77.6 cm³/mol. The number of nitrogens with zero attached hydrogens (tertiary/aromatic N) is 2. The highest BCUT2D eigenvalue weighted by Gasteiger charge is 2.07. The highest BCUT2D eigenvalue weighted by Crippen LogP contribution is 2.18. The number of hydrogen-bond donors (Lipinski definition) is 1. The summed E-state index contributed by atoms with van der Waals surface area (Å²) in [5.41, 5.74) is 3.32. The first-order valence-corrected chi connectivity index (χ1v) is 6.70. The van der Waals surface area contributed by atoms with E-state index < -0.39 is 0 Å². The lowest BCUT2D eigenvalue weighted by Gasteiger charge is -2.15. The number of fused-ring (bicyclic) bond motifs is 1. The fourth-order valence-corrected chi connectivity index (χ4v) is 2.27. The van der Waals surface area contributed by atoms with Gasteiger partial charge in [0.25, 0.3) is 0 Å². The van der Waals surface area contributed by atoms with Gasteiger partial charge in [0, 0.05) is 23.7 Å². The van der Waals surface area contributed by atoms with Crippen LogP contribution in [0.3, 0.4) is 0 Å². The van der Waals surface area contributed by atoms with E-state index in [9.17, 15) is 0 Å². The van der Waals surface area contributed by atoms with E-state index in [2.05, 4.69) is 35.4 Å². The molecular formula is C16H19N3. The van der Waals surface area contributed by atoms with Gasteiger partial charge in [-0.3, -0.25) is 4.98 Å². The summed E-state index contributed by atoms with van der Waals surface area (Å²) in [5.74, 6) is 0. The summed E-state index contributed by atoms with van der Waals surface area (Å²) >= 11 is 0. The first-order chi connectivity index (χ1) is 9.24. The van der Waals surface area contributed by atoms with Gasteiger partial charge in [0.2, 0.25) is 0 Å². The van der Waals surface area contributed by atoms with Gasteiger partial charge in [-0.1, -0.05) is 25.1 Å². The lowest BCUT2D eigenvalue weighted by atomic mass is 10.1. The number of benzene rings is 1. The van der Waals surface area contributed by atoms with Crippen LogP contribution in [-0.2, 0) is 6.54 Å². The maximum Gasteiger partial charge on any atom is 0.0708 e. The van der Waals surface area contributed by atoms with Crippen molar-refractivity contribution in [1.82, 2.24) is 10.3 Å². The van der Waals surface area contributed by atoms with Gasteiger partial charge >= 0.3 is 0 Å². The molecule has 2 aromatic rings. The van der Waals surface area contributed by atoms with Crippen LogP contribution in [0.25, 0.3) is 10.9 Å². The van der Waals surface area contributed by atoms with Gasteiger partial charge in [-0.25, -0.2) is 0 Å². The fourth-order valence-electron chi connectivity index (χ4n) is 2.27. The number of rotatable bonds is 5. The average molecular weight is 253 g/mol. The minimum atomic E-state index is 0.261. The van der Waals surface area contributed by atoms with Crippen molar-refractivity contribution >= 4 is 10.9 Å². The Morgan fingerprint density at radius 1 is 1.37 bits per heavy atom. The van der Waals surface area contributed by atoms with E-state index in [4.69, 9.17) is 5.26 Å². The number of aromatic nitrogens is 1. The molecule has 0 saturated heterocycles. The molecule has 0 spiro atoms. The highest BCUT2D eigenvalue weighted by molar-refractivity contribution is 5.82. The van der Waals surface area contributed by atoms with Crippen LogP contribution >= 0.6 is 0 Å². The third kappa shape index (κ3) is 3.30. The standard InChI is InChI=1S/C16H19N3/c1-3-14(8-9-17)18-11-13-10-12(2)19-16-7-5-4-6-15(13)16/h4-7,10,14,18H,3,8,11H2,1-2H3. The Balaban J connectivity index is 2.23. The summed E-state index contributed by atoms with van der Waals surface area (Å²) in [7, 11) is 0. The molecule has 0 saturated carbocycles. The summed E-state index contributed by atoms with van der Waals surface area (Å²) in [4.78, 5) is 4.54. The summed E-state index contributed by atoms with van der Waals surface area (Å²) in [6, 6.07) is 12.8. The van der Waals surface area contributed by atoms with Crippen molar-refractivity contribution in [3.63, 3.8) is 0 Å². The zero-order chi connectivity index (χ0) is 13.7. The van der Waals surface area contributed by atoms with Crippen molar-refractivity contribution < 1.29 is 0 Å². The van der Waals surface area contributed by atoms with Crippen molar-refractivity contribution in [2.75, 3.05) is 0 Å². The molecule has 0 aliphatic rings. The molecule has 3 nitrogen and oxygen atoms in total. The number of nitriles is 1. The second-order valence-electron chi connectivity index (χ2n) is 4.79. The van der Waals surface area contributed by atoms with Crippen molar-refractivity contribution in [3.05, 3.63) is 41.6 Å². The molecule has 1 aromatic heterocycles. The Morgan fingerprint density at radius 3 is 2.89 bits per heavy atom. The molecular weight excluding hydrogens is 234 g/mol. The summed E-state index contributed by atoms with van der Waals surface area (Å²) < 4.78 is 0. The molecule has 1 unspecified atom stereocenters. The molecule has 0 bridgehead atoms. The number of para-hydroxylation sites is 1. The van der Waals surface area contributed by atoms with Gasteiger partial charge in [-0.2, -0.15) is 5.26 Å². The van der Waals surface area contributed by atoms with Crippen molar-refractivity contribution in [3.8, 4) is 6.07 Å². The topological polar surface area (TPSA) is 48.7 Å². The van der Waals surface area contributed by atoms with Gasteiger partial charge in [0.15, 0.2) is 0 Å². The molecule has 1 heterocycles. The van der Waals surface area contributed by atoms with Crippen molar-refractivity contribution in [1.29, 1.82) is 5.26 Å². The Hall–Kier alpha value is -1.92. The molecule has 0 radical (unpaired) electrons. The third-order valence-electron chi connectivity index (χ3n) is 3.34. The average Bonchev–Trinajstić information content (AvgIpc) is 2.43. The van der Waals surface area contributed by atoms with E-state index in [1.165, 1.54) is 10.9 Å². The monoisotopic (exact) mass is 253 g/mol. The molecule has 1 N–H and O–H groups in total. The minimum Gasteiger partial charge on any atom is -0.309 e. The summed E-state index contributed by atoms with van der Waals surface area (Å²) in [5, 5.41) is 13.4. The molecule has 0 amide bonds. The Kier molecular flexibility index (Phi) is 4.48. The van der Waals surface area contributed by atoms with Crippen molar-refractivity contribution in [2.24, 2.45) is 0 Å². The molecule has 19 heavy (non-hydrogen) atoms. The summed E-state index contributed by atoms with van der Waals surface area (Å²) in [6.45, 7) is 4.90. The quantitative estimate of drug-likeness (QED) is 0.889. The van der Waals surface area contributed by atoms with E-state index in [-0.39, 0.29) is 6.04 Å². The zero-order valence-electron chi connectivity index (χ0n) is 11.5. The van der Waals surface area contributed by atoms with Crippen LogP contribution in [0.5, 0.6) is 0 Å². The van der Waals surface area contributed by atoms with Gasteiger partial charge in [0.1, 0.15) is 0 Å². The van der Waals surface area contributed by atoms with E-state index in [0.29, 0.717) is 6.42 Å². The maximum absolute atomic E-state index is 8.78. The van der Waals surface area contributed by atoms with Crippen LogP contribution in [0.2, 0.25) is 0 Å². The number of aryl methyl sites for hydroxylation is 1. The number of pyridine rings is 1. The van der Waals surface area contributed by atoms with Crippen LogP contribution in [0.4, 0.5) is 0 Å². The molecule has 1 aromatic carbocycles. The molecule has 2 rings (SSSR count). The predicted octanol–water partition coefficient (Wildman–Crippen LogP) is 3.33. The lowest BCUT2D eigenvalue weighted by Crippen LogP contribution is -2.27. The van der Waals surface area contributed by atoms with Gasteiger partial charge < -0.3 is 5.32 Å². The van der Waals surface area contributed by atoms with Crippen LogP contribution in [0.1, 0.15) is 31.0 Å². The fraction of sp³-hybridized carbons (Fsp3) is 0.375. The molecule has 0 aliphatic heterocycles. The number of nitrogens with one attached hydrogen (secondary N) is 1. The SMILES string of the molecule is CCC(CC#N)NCc1cc(C)nc2ccccc12. The Bertz CT molecular complexity index is 598. The smallest absolute Gasteiger partial charge is 0.0708 e. The molecule has 0 aliphatic carbocycles. The van der Waals surface area contributed by atoms with E-state index in [1.807, 2.05) is 25.1 Å². The Morgan fingerprint density at radius 2 is 2.16 bits per heavy atom. The molecule has 0 fully saturated rings. The van der Waals surface area contributed by atoms with Gasteiger partial charge in [-0.15, -0.1) is 0 Å². The van der Waals surface area contributed by atoms with Crippen molar-refractivity contribution in [2.45, 2.75) is 39.3 Å². The highest BCUT2D eigenvalue weighted by atomic mass is 14.9. The van der Waals surface area contributed by atoms with Crippen LogP contribution < -0.4 is 5.32 Å². The molecule has 3 heteroatoms.